The van der Waals surface area contributed by atoms with E-state index in [0.29, 0.717) is 5.56 Å². The molecular formula is C20H19F2N3O4S. The topological polar surface area (TPSA) is 93.4 Å². The van der Waals surface area contributed by atoms with Gasteiger partial charge in [-0.05, 0) is 23.8 Å². The average molecular weight is 435 g/mol. The van der Waals surface area contributed by atoms with Crippen molar-refractivity contribution in [1.82, 2.24) is 9.88 Å². The molecule has 0 saturated heterocycles. The number of halogens is 2. The molecule has 0 aliphatic heterocycles. The molecule has 0 radical (unpaired) electrons. The van der Waals surface area contributed by atoms with Gasteiger partial charge >= 0.3 is 6.61 Å². The van der Waals surface area contributed by atoms with E-state index in [0.717, 1.165) is 11.3 Å². The average Bonchev–Trinajstić information content (AvgIpc) is 3.00. The van der Waals surface area contributed by atoms with Gasteiger partial charge in [0.05, 0.1) is 11.1 Å². The molecule has 0 bridgehead atoms. The summed E-state index contributed by atoms with van der Waals surface area (Å²) in [6.07, 6.45) is 3.02. The third-order valence-corrected chi connectivity index (χ3v) is 4.90. The zero-order valence-corrected chi connectivity index (χ0v) is 16.9. The van der Waals surface area contributed by atoms with E-state index in [1.807, 2.05) is 6.07 Å². The van der Waals surface area contributed by atoms with Crippen molar-refractivity contribution in [2.24, 2.45) is 0 Å². The van der Waals surface area contributed by atoms with Crippen LogP contribution in [0.1, 0.15) is 5.56 Å². The maximum Gasteiger partial charge on any atom is 0.387 e. The van der Waals surface area contributed by atoms with Crippen molar-refractivity contribution in [1.29, 1.82) is 5.26 Å². The number of hydrogen-bond donors (Lipinski definition) is 1. The van der Waals surface area contributed by atoms with E-state index in [1.165, 1.54) is 42.0 Å². The molecule has 30 heavy (non-hydrogen) atoms. The van der Waals surface area contributed by atoms with Crippen molar-refractivity contribution in [3.63, 3.8) is 0 Å². The molecule has 1 aromatic carbocycles. The summed E-state index contributed by atoms with van der Waals surface area (Å²) in [4.78, 5) is 25.2. The fraction of sp³-hybridized carbons (Fsp3) is 0.250. The molecule has 0 fully saturated rings. The van der Waals surface area contributed by atoms with Crippen LogP contribution >= 0.6 is 11.3 Å². The Kier molecular flexibility index (Phi) is 8.46. The number of allylic oxidation sites excluding steroid dienone is 1. The maximum atomic E-state index is 12.8. The molecule has 1 amide bonds. The van der Waals surface area contributed by atoms with Gasteiger partial charge in [-0.15, -0.1) is 17.9 Å². The number of rotatable bonds is 9. The van der Waals surface area contributed by atoms with Gasteiger partial charge < -0.3 is 14.8 Å². The normalized spacial score (nSPS) is 12.4. The molecule has 0 atom stereocenters. The van der Waals surface area contributed by atoms with Crippen LogP contribution in [0.3, 0.4) is 0 Å². The monoisotopic (exact) mass is 435 g/mol. The predicted octanol–water partition coefficient (Wildman–Crippen LogP) is 0.963. The minimum absolute atomic E-state index is 0.00841. The Bertz CT molecular complexity index is 1110. The summed E-state index contributed by atoms with van der Waals surface area (Å²) in [6, 6.07) is 7.59. The summed E-state index contributed by atoms with van der Waals surface area (Å²) in [6.45, 7) is 1.27. The minimum Gasteiger partial charge on any atom is -0.435 e. The van der Waals surface area contributed by atoms with E-state index in [4.69, 9.17) is 4.74 Å². The van der Waals surface area contributed by atoms with Gasteiger partial charge in [0, 0.05) is 20.2 Å². The number of thiazole rings is 1. The van der Waals surface area contributed by atoms with Gasteiger partial charge in [0.25, 0.3) is 11.5 Å². The number of ether oxygens (including phenoxy) is 2. The summed E-state index contributed by atoms with van der Waals surface area (Å²) >= 11 is 0.980. The first-order chi connectivity index (χ1) is 14.4. The third-order valence-electron chi connectivity index (χ3n) is 3.77. The lowest BCUT2D eigenvalue weighted by Crippen LogP contribution is -2.35. The molecule has 0 spiro atoms. The zero-order valence-electron chi connectivity index (χ0n) is 16.1. The van der Waals surface area contributed by atoms with Crippen LogP contribution in [-0.2, 0) is 16.1 Å². The number of nitriles is 1. The number of nitrogens with zero attached hydrogens (tertiary/aromatic N) is 2. The second kappa shape index (κ2) is 11.0. The number of nitrogens with one attached hydrogen (secondary N) is 1. The van der Waals surface area contributed by atoms with Crippen molar-refractivity contribution >= 4 is 28.9 Å². The van der Waals surface area contributed by atoms with Crippen LogP contribution in [0.5, 0.6) is 5.75 Å². The molecule has 0 unspecified atom stereocenters. The molecule has 0 aliphatic carbocycles. The Morgan fingerprint density at radius 2 is 2.10 bits per heavy atom. The number of aromatic nitrogens is 1. The minimum atomic E-state index is -2.93. The molecular weight excluding hydrogens is 416 g/mol. The van der Waals surface area contributed by atoms with Gasteiger partial charge in [-0.3, -0.25) is 14.2 Å². The number of amides is 1. The molecule has 0 aliphatic rings. The quantitative estimate of drug-likeness (QED) is 0.468. The van der Waals surface area contributed by atoms with Crippen molar-refractivity contribution in [3.8, 4) is 11.8 Å². The van der Waals surface area contributed by atoms with E-state index < -0.39 is 18.1 Å². The molecule has 7 nitrogen and oxygen atoms in total. The van der Waals surface area contributed by atoms with E-state index in [2.05, 4.69) is 16.6 Å². The highest BCUT2D eigenvalue weighted by molar-refractivity contribution is 7.07. The van der Waals surface area contributed by atoms with Gasteiger partial charge in [0.1, 0.15) is 16.5 Å². The van der Waals surface area contributed by atoms with Gasteiger partial charge in [-0.2, -0.15) is 14.0 Å². The van der Waals surface area contributed by atoms with Gasteiger partial charge in [-0.25, -0.2) is 0 Å². The van der Waals surface area contributed by atoms with Crippen molar-refractivity contribution in [2.45, 2.75) is 13.2 Å². The van der Waals surface area contributed by atoms with Gasteiger partial charge in [0.15, 0.2) is 5.57 Å². The predicted molar refractivity (Wildman–Crippen MR) is 109 cm³/mol. The van der Waals surface area contributed by atoms with Crippen molar-refractivity contribution in [2.75, 3.05) is 20.3 Å². The van der Waals surface area contributed by atoms with E-state index in [9.17, 15) is 23.6 Å². The van der Waals surface area contributed by atoms with Crippen LogP contribution in [0, 0.1) is 11.3 Å². The number of methoxy groups -OCH3 is 1. The molecule has 2 rings (SSSR count). The fourth-order valence-corrected chi connectivity index (χ4v) is 3.56. The number of alkyl halides is 2. The summed E-state index contributed by atoms with van der Waals surface area (Å²) in [5.41, 5.74) is -0.0362. The molecule has 158 valence electrons. The van der Waals surface area contributed by atoms with E-state index in [1.54, 1.807) is 6.08 Å². The smallest absolute Gasteiger partial charge is 0.387 e. The van der Waals surface area contributed by atoms with Crippen molar-refractivity contribution in [3.05, 3.63) is 62.0 Å². The lowest BCUT2D eigenvalue weighted by Gasteiger charge is -2.03. The Morgan fingerprint density at radius 3 is 2.67 bits per heavy atom. The number of hydrogen-bond acceptors (Lipinski definition) is 6. The Hall–Kier alpha value is -3.29. The molecule has 1 N–H and O–H groups in total. The highest BCUT2D eigenvalue weighted by Gasteiger charge is 2.15. The van der Waals surface area contributed by atoms with Crippen LogP contribution in [-0.4, -0.2) is 37.3 Å². The fourth-order valence-electron chi connectivity index (χ4n) is 2.45. The highest BCUT2D eigenvalue weighted by atomic mass is 32.1. The largest absolute Gasteiger partial charge is 0.435 e. The second-order valence-electron chi connectivity index (χ2n) is 5.80. The second-order valence-corrected chi connectivity index (χ2v) is 6.83. The first-order valence-corrected chi connectivity index (χ1v) is 9.51. The summed E-state index contributed by atoms with van der Waals surface area (Å²) in [7, 11) is 1.48. The summed E-state index contributed by atoms with van der Waals surface area (Å²) < 4.78 is 35.4. The van der Waals surface area contributed by atoms with Crippen molar-refractivity contribution < 1.29 is 23.0 Å². The van der Waals surface area contributed by atoms with Crippen LogP contribution in [0.2, 0.25) is 0 Å². The molecule has 2 aromatic rings. The van der Waals surface area contributed by atoms with Crippen LogP contribution in [0.25, 0.3) is 11.6 Å². The van der Waals surface area contributed by atoms with Crippen LogP contribution < -0.4 is 24.8 Å². The lowest BCUT2D eigenvalue weighted by molar-refractivity contribution is -0.115. The number of carbonyl (C=O) groups is 1. The molecule has 0 saturated carbocycles. The maximum absolute atomic E-state index is 12.8. The summed E-state index contributed by atoms with van der Waals surface area (Å²) in [5, 5.41) is 12.1. The Labute approximate surface area is 174 Å². The van der Waals surface area contributed by atoms with Gasteiger partial charge in [-0.1, -0.05) is 18.2 Å². The standard InChI is InChI=1S/C20H19F2N3O4S/c1-3-9-25-18(27)16(11-13-4-6-14(7-5-13)29-20(21)22)30-19(25)15(12-23)17(26)24-8-10-28-2/h3-7,11,20H,1,8-10H2,2H3,(H,24,26)/b16-11+,19-15+. The highest BCUT2D eigenvalue weighted by Crippen LogP contribution is 2.15. The Morgan fingerprint density at radius 1 is 1.40 bits per heavy atom. The number of carbonyl (C=O) groups excluding carboxylic acids is 1. The SMILES string of the molecule is C=CCn1c(=O)/c(=C\c2ccc(OC(F)F)cc2)s/c1=C(\C#N)C(=O)NCCOC. The molecule has 1 heterocycles. The van der Waals surface area contributed by atoms with Crippen LogP contribution in [0.4, 0.5) is 8.78 Å². The lowest BCUT2D eigenvalue weighted by atomic mass is 10.2. The van der Waals surface area contributed by atoms with E-state index >= 15 is 0 Å². The van der Waals surface area contributed by atoms with Gasteiger partial charge in [0.2, 0.25) is 0 Å². The van der Waals surface area contributed by atoms with Crippen LogP contribution in [0.15, 0.2) is 41.7 Å². The number of benzene rings is 1. The first-order valence-electron chi connectivity index (χ1n) is 8.70. The zero-order chi connectivity index (χ0) is 22.1. The first kappa shape index (κ1) is 23.0. The third kappa shape index (κ3) is 5.85. The Balaban J connectivity index is 2.54. The molecule has 1 aromatic heterocycles. The van der Waals surface area contributed by atoms with E-state index in [-0.39, 0.29) is 40.2 Å². The molecule has 10 heteroatoms. The summed E-state index contributed by atoms with van der Waals surface area (Å²) in [5.74, 6) is -0.625.